The van der Waals surface area contributed by atoms with E-state index in [2.05, 4.69) is 51.5 Å². The zero-order valence-electron chi connectivity index (χ0n) is 17.0. The third-order valence-corrected chi connectivity index (χ3v) is 6.13. The molecule has 27 heavy (non-hydrogen) atoms. The van der Waals surface area contributed by atoms with Gasteiger partial charge >= 0.3 is 0 Å². The van der Waals surface area contributed by atoms with Gasteiger partial charge in [-0.2, -0.15) is 0 Å². The first kappa shape index (κ1) is 20.4. The average Bonchev–Trinajstić information content (AvgIpc) is 3.45. The van der Waals surface area contributed by atoms with E-state index in [9.17, 15) is 0 Å². The van der Waals surface area contributed by atoms with Gasteiger partial charge in [-0.05, 0) is 43.5 Å². The normalized spacial score (nSPS) is 21.7. The average molecular weight is 392 g/mol. The molecule has 1 aromatic carbocycles. The van der Waals surface area contributed by atoms with Crippen LogP contribution in [0.3, 0.4) is 0 Å². The van der Waals surface area contributed by atoms with E-state index in [1.165, 1.54) is 44.6 Å². The Labute approximate surface area is 169 Å². The van der Waals surface area contributed by atoms with E-state index in [-0.39, 0.29) is 5.41 Å². The van der Waals surface area contributed by atoms with Gasteiger partial charge in [0.1, 0.15) is 0 Å². The van der Waals surface area contributed by atoms with Gasteiger partial charge in [0, 0.05) is 63.3 Å². The Kier molecular flexibility index (Phi) is 7.01. The van der Waals surface area contributed by atoms with E-state index >= 15 is 0 Å². The van der Waals surface area contributed by atoms with Crippen molar-refractivity contribution in [3.63, 3.8) is 0 Å². The van der Waals surface area contributed by atoms with Crippen molar-refractivity contribution in [2.75, 3.05) is 59.9 Å². The lowest BCUT2D eigenvalue weighted by Gasteiger charge is -2.34. The molecule has 0 bridgehead atoms. The Balaban J connectivity index is 1.42. The summed E-state index contributed by atoms with van der Waals surface area (Å²) in [6.07, 6.45) is 2.41. The highest BCUT2D eigenvalue weighted by Crippen LogP contribution is 2.48. The van der Waals surface area contributed by atoms with Crippen LogP contribution in [0.2, 0.25) is 5.02 Å². The van der Waals surface area contributed by atoms with Crippen molar-refractivity contribution in [1.82, 2.24) is 20.4 Å². The Morgan fingerprint density at radius 2 is 1.96 bits per heavy atom. The first-order chi connectivity index (χ1) is 13.0. The van der Waals surface area contributed by atoms with Gasteiger partial charge in [0.25, 0.3) is 0 Å². The third-order valence-electron chi connectivity index (χ3n) is 5.89. The van der Waals surface area contributed by atoms with E-state index < -0.39 is 0 Å². The quantitative estimate of drug-likeness (QED) is 0.553. The number of guanidine groups is 1. The first-order valence-electron chi connectivity index (χ1n) is 10.1. The molecule has 1 saturated heterocycles. The van der Waals surface area contributed by atoms with E-state index in [1.807, 2.05) is 19.2 Å². The first-order valence-corrected chi connectivity index (χ1v) is 10.5. The Bertz CT molecular complexity index is 635. The van der Waals surface area contributed by atoms with Crippen LogP contribution in [0, 0.1) is 5.92 Å². The highest BCUT2D eigenvalue weighted by atomic mass is 35.5. The predicted molar refractivity (Wildman–Crippen MR) is 115 cm³/mol. The lowest BCUT2D eigenvalue weighted by atomic mass is 9.96. The Morgan fingerprint density at radius 3 is 2.59 bits per heavy atom. The standard InChI is InChI=1S/C21H34ClN5/c1-17(15-27-11-9-26(3)10-12-27)14-24-20(23-2)25-16-21(7-8-21)18-5-4-6-19(22)13-18/h4-6,13,17H,7-12,14-16H2,1-3H3,(H2,23,24,25). The fraction of sp³-hybridized carbons (Fsp3) is 0.667. The number of nitrogens with one attached hydrogen (secondary N) is 2. The SMILES string of the molecule is CN=C(NCC(C)CN1CCN(C)CC1)NCC1(c2cccc(Cl)c2)CC1. The van der Waals surface area contributed by atoms with Gasteiger partial charge in [-0.25, -0.2) is 0 Å². The van der Waals surface area contributed by atoms with Crippen LogP contribution in [0.15, 0.2) is 29.3 Å². The largest absolute Gasteiger partial charge is 0.356 e. The van der Waals surface area contributed by atoms with Crippen molar-refractivity contribution in [3.05, 3.63) is 34.9 Å². The van der Waals surface area contributed by atoms with Crippen LogP contribution >= 0.6 is 11.6 Å². The smallest absolute Gasteiger partial charge is 0.191 e. The number of rotatable bonds is 7. The van der Waals surface area contributed by atoms with Crippen LogP contribution in [0.5, 0.6) is 0 Å². The maximum atomic E-state index is 6.18. The van der Waals surface area contributed by atoms with Gasteiger partial charge in [0.2, 0.25) is 0 Å². The molecule has 0 radical (unpaired) electrons. The summed E-state index contributed by atoms with van der Waals surface area (Å²) in [7, 11) is 4.05. The summed E-state index contributed by atoms with van der Waals surface area (Å²) in [6, 6.07) is 8.28. The third kappa shape index (κ3) is 5.84. The van der Waals surface area contributed by atoms with Crippen molar-refractivity contribution in [3.8, 4) is 0 Å². The number of aliphatic imine (C=N–C) groups is 1. The minimum Gasteiger partial charge on any atom is -0.356 e. The van der Waals surface area contributed by atoms with E-state index in [0.29, 0.717) is 5.92 Å². The minimum absolute atomic E-state index is 0.216. The minimum atomic E-state index is 0.216. The van der Waals surface area contributed by atoms with Crippen molar-refractivity contribution in [2.24, 2.45) is 10.9 Å². The molecule has 150 valence electrons. The summed E-state index contributed by atoms with van der Waals surface area (Å²) in [5.74, 6) is 1.49. The van der Waals surface area contributed by atoms with Gasteiger partial charge in [0.05, 0.1) is 0 Å². The molecular weight excluding hydrogens is 358 g/mol. The predicted octanol–water partition coefficient (Wildman–Crippen LogP) is 2.42. The molecule has 1 aromatic rings. The molecule has 2 N–H and O–H groups in total. The molecule has 6 heteroatoms. The van der Waals surface area contributed by atoms with Gasteiger partial charge in [-0.1, -0.05) is 30.7 Å². The molecule has 5 nitrogen and oxygen atoms in total. The fourth-order valence-electron chi connectivity index (χ4n) is 3.82. The molecule has 2 aliphatic rings. The highest BCUT2D eigenvalue weighted by Gasteiger charge is 2.44. The monoisotopic (exact) mass is 391 g/mol. The molecule has 0 spiro atoms. The van der Waals surface area contributed by atoms with Gasteiger partial charge in [-0.15, -0.1) is 0 Å². The lowest BCUT2D eigenvalue weighted by molar-refractivity contribution is 0.139. The van der Waals surface area contributed by atoms with Gasteiger partial charge in [0.15, 0.2) is 5.96 Å². The second-order valence-corrected chi connectivity index (χ2v) is 8.74. The molecular formula is C21H34ClN5. The van der Waals surface area contributed by atoms with Crippen LogP contribution in [0.1, 0.15) is 25.3 Å². The summed E-state index contributed by atoms with van der Waals surface area (Å²) < 4.78 is 0. The summed E-state index contributed by atoms with van der Waals surface area (Å²) >= 11 is 6.18. The topological polar surface area (TPSA) is 42.9 Å². The summed E-state index contributed by atoms with van der Waals surface area (Å²) in [6.45, 7) is 10.0. The molecule has 1 atom stereocenters. The molecule has 1 saturated carbocycles. The molecule has 2 fully saturated rings. The van der Waals surface area contributed by atoms with E-state index in [1.54, 1.807) is 0 Å². The summed E-state index contributed by atoms with van der Waals surface area (Å²) in [4.78, 5) is 9.38. The second kappa shape index (κ2) is 9.26. The van der Waals surface area contributed by atoms with Crippen LogP contribution < -0.4 is 10.6 Å². The lowest BCUT2D eigenvalue weighted by Crippen LogP contribution is -2.48. The van der Waals surface area contributed by atoms with Crippen molar-refractivity contribution >= 4 is 17.6 Å². The number of hydrogen-bond acceptors (Lipinski definition) is 3. The zero-order chi connectivity index (χ0) is 19.3. The molecule has 0 amide bonds. The maximum Gasteiger partial charge on any atom is 0.191 e. The summed E-state index contributed by atoms with van der Waals surface area (Å²) in [5.41, 5.74) is 1.55. The van der Waals surface area contributed by atoms with Crippen LogP contribution in [-0.4, -0.2) is 75.7 Å². The molecule has 1 heterocycles. The zero-order valence-corrected chi connectivity index (χ0v) is 17.7. The number of piperazine rings is 1. The second-order valence-electron chi connectivity index (χ2n) is 8.31. The number of likely N-dealkylation sites (N-methyl/N-ethyl adjacent to an activating group) is 1. The van der Waals surface area contributed by atoms with Gasteiger partial charge in [-0.3, -0.25) is 4.99 Å². The molecule has 1 unspecified atom stereocenters. The van der Waals surface area contributed by atoms with Crippen molar-refractivity contribution in [2.45, 2.75) is 25.2 Å². The molecule has 3 rings (SSSR count). The van der Waals surface area contributed by atoms with Crippen LogP contribution in [0.25, 0.3) is 0 Å². The number of benzene rings is 1. The van der Waals surface area contributed by atoms with E-state index in [0.717, 1.165) is 30.6 Å². The van der Waals surface area contributed by atoms with Crippen molar-refractivity contribution < 1.29 is 0 Å². The van der Waals surface area contributed by atoms with Crippen molar-refractivity contribution in [1.29, 1.82) is 0 Å². The van der Waals surface area contributed by atoms with E-state index in [4.69, 9.17) is 11.6 Å². The molecule has 1 aliphatic heterocycles. The van der Waals surface area contributed by atoms with Gasteiger partial charge < -0.3 is 20.4 Å². The highest BCUT2D eigenvalue weighted by molar-refractivity contribution is 6.30. The number of halogens is 1. The number of hydrogen-bond donors (Lipinski definition) is 2. The van der Waals surface area contributed by atoms with Crippen LogP contribution in [0.4, 0.5) is 0 Å². The number of nitrogens with zero attached hydrogens (tertiary/aromatic N) is 3. The van der Waals surface area contributed by atoms with Crippen LogP contribution in [-0.2, 0) is 5.41 Å². The Morgan fingerprint density at radius 1 is 1.22 bits per heavy atom. The molecule has 1 aliphatic carbocycles. The maximum absolute atomic E-state index is 6.18. The summed E-state index contributed by atoms with van der Waals surface area (Å²) in [5, 5.41) is 7.86. The fourth-order valence-corrected chi connectivity index (χ4v) is 4.01. The molecule has 0 aromatic heterocycles. The Hall–Kier alpha value is -1.30.